The van der Waals surface area contributed by atoms with Gasteiger partial charge < -0.3 is 10.1 Å². The van der Waals surface area contributed by atoms with Crippen LogP contribution in [-0.2, 0) is 14.8 Å². The molecule has 180 valence electrons. The first-order valence-corrected chi connectivity index (χ1v) is 13.4. The summed E-state index contributed by atoms with van der Waals surface area (Å²) >= 11 is 1.12. The molecule has 1 aliphatic carbocycles. The standard InChI is InChI=1S/C23H25FN4O4S2/c1-3-18(21-13-33-23(27-21)28-34(30,31)17-6-7-17)22(29)26-20-8-5-14(10-19(20)24)15-9-16(32-4-2)12-25-11-15/h5,8-13,17-18H,3-4,6-7H2,1-2H3,(H,26,29)(H,27,28). The molecule has 0 radical (unpaired) electrons. The molecule has 2 aromatic heterocycles. The Morgan fingerprint density at radius 3 is 2.71 bits per heavy atom. The Labute approximate surface area is 201 Å². The van der Waals surface area contributed by atoms with Crippen LogP contribution in [0.1, 0.15) is 44.7 Å². The molecule has 3 aromatic rings. The van der Waals surface area contributed by atoms with Crippen LogP contribution < -0.4 is 14.8 Å². The van der Waals surface area contributed by atoms with Gasteiger partial charge in [0.2, 0.25) is 15.9 Å². The second-order valence-electron chi connectivity index (χ2n) is 7.91. The maximum Gasteiger partial charge on any atom is 0.237 e. The molecule has 1 aromatic carbocycles. The number of aromatic nitrogens is 2. The van der Waals surface area contributed by atoms with Crippen molar-refractivity contribution in [1.82, 2.24) is 9.97 Å². The lowest BCUT2D eigenvalue weighted by Gasteiger charge is -2.14. The number of carbonyl (C=O) groups is 1. The first-order valence-electron chi connectivity index (χ1n) is 11.0. The van der Waals surface area contributed by atoms with Crippen LogP contribution >= 0.6 is 11.3 Å². The summed E-state index contributed by atoms with van der Waals surface area (Å²) in [5.74, 6) is -1.07. The van der Waals surface area contributed by atoms with Crippen molar-refractivity contribution in [3.63, 3.8) is 0 Å². The summed E-state index contributed by atoms with van der Waals surface area (Å²) in [6, 6.07) is 6.30. The van der Waals surface area contributed by atoms with Gasteiger partial charge in [-0.2, -0.15) is 0 Å². The van der Waals surface area contributed by atoms with Gasteiger partial charge in [0.05, 0.1) is 35.4 Å². The van der Waals surface area contributed by atoms with Crippen molar-refractivity contribution in [3.05, 3.63) is 53.6 Å². The molecule has 2 N–H and O–H groups in total. The molecule has 0 aliphatic heterocycles. The maximum atomic E-state index is 14.8. The number of hydrogen-bond acceptors (Lipinski definition) is 7. The van der Waals surface area contributed by atoms with E-state index in [9.17, 15) is 17.6 Å². The number of pyridine rings is 1. The topological polar surface area (TPSA) is 110 Å². The zero-order valence-electron chi connectivity index (χ0n) is 18.7. The van der Waals surface area contributed by atoms with Gasteiger partial charge >= 0.3 is 0 Å². The molecule has 4 rings (SSSR count). The van der Waals surface area contributed by atoms with Crippen LogP contribution in [0.2, 0.25) is 0 Å². The van der Waals surface area contributed by atoms with Crippen molar-refractivity contribution in [2.45, 2.75) is 44.3 Å². The average Bonchev–Trinajstić information content (AvgIpc) is 3.58. The van der Waals surface area contributed by atoms with Crippen LogP contribution in [0.5, 0.6) is 5.75 Å². The molecule has 8 nitrogen and oxygen atoms in total. The number of nitrogens with one attached hydrogen (secondary N) is 2. The highest BCUT2D eigenvalue weighted by molar-refractivity contribution is 7.93. The highest BCUT2D eigenvalue weighted by Gasteiger charge is 2.36. The molecule has 1 amide bonds. The Morgan fingerprint density at radius 1 is 1.24 bits per heavy atom. The summed E-state index contributed by atoms with van der Waals surface area (Å²) < 4.78 is 47.0. The van der Waals surface area contributed by atoms with Crippen molar-refractivity contribution < 1.29 is 22.3 Å². The quantitative estimate of drug-likeness (QED) is 0.411. The van der Waals surface area contributed by atoms with E-state index in [1.54, 1.807) is 29.9 Å². The van der Waals surface area contributed by atoms with Gasteiger partial charge in [0, 0.05) is 17.1 Å². The van der Waals surface area contributed by atoms with Gasteiger partial charge in [-0.05, 0) is 49.9 Å². The van der Waals surface area contributed by atoms with Crippen LogP contribution in [0, 0.1) is 5.82 Å². The molecule has 0 saturated heterocycles. The Hall–Kier alpha value is -3.05. The number of benzene rings is 1. The second-order valence-corrected chi connectivity index (χ2v) is 10.7. The minimum Gasteiger partial charge on any atom is -0.492 e. The van der Waals surface area contributed by atoms with Crippen LogP contribution in [0.25, 0.3) is 11.1 Å². The Bertz CT molecular complexity index is 1290. The molecule has 2 heterocycles. The number of carbonyl (C=O) groups excluding carboxylic acids is 1. The normalized spacial score (nSPS) is 14.4. The lowest BCUT2D eigenvalue weighted by atomic mass is 10.0. The predicted molar refractivity (Wildman–Crippen MR) is 130 cm³/mol. The molecule has 0 spiro atoms. The monoisotopic (exact) mass is 504 g/mol. The van der Waals surface area contributed by atoms with Crippen LogP contribution in [-0.4, -0.2) is 36.1 Å². The number of sulfonamides is 1. The highest BCUT2D eigenvalue weighted by Crippen LogP contribution is 2.32. The molecule has 34 heavy (non-hydrogen) atoms. The lowest BCUT2D eigenvalue weighted by Crippen LogP contribution is -2.22. The first kappa shape index (κ1) is 24.1. The third kappa shape index (κ3) is 5.53. The van der Waals surface area contributed by atoms with Gasteiger partial charge in [-0.15, -0.1) is 11.3 Å². The molecule has 11 heteroatoms. The van der Waals surface area contributed by atoms with Gasteiger partial charge in [0.1, 0.15) is 11.6 Å². The van der Waals surface area contributed by atoms with Gasteiger partial charge in [0.25, 0.3) is 0 Å². The zero-order valence-corrected chi connectivity index (χ0v) is 20.4. The van der Waals surface area contributed by atoms with Crippen molar-refractivity contribution >= 4 is 38.1 Å². The van der Waals surface area contributed by atoms with E-state index < -0.39 is 27.7 Å². The second kappa shape index (κ2) is 10.1. The van der Waals surface area contributed by atoms with Gasteiger partial charge in [-0.1, -0.05) is 13.0 Å². The molecule has 1 atom stereocenters. The minimum absolute atomic E-state index is 0.0472. The summed E-state index contributed by atoms with van der Waals surface area (Å²) in [5, 5.41) is 4.14. The predicted octanol–water partition coefficient (Wildman–Crippen LogP) is 4.78. The third-order valence-electron chi connectivity index (χ3n) is 5.38. The summed E-state index contributed by atoms with van der Waals surface area (Å²) in [7, 11) is -3.43. The smallest absolute Gasteiger partial charge is 0.237 e. The lowest BCUT2D eigenvalue weighted by molar-refractivity contribution is -0.117. The third-order valence-corrected chi connectivity index (χ3v) is 8.11. The number of hydrogen-bond donors (Lipinski definition) is 2. The van der Waals surface area contributed by atoms with E-state index in [0.29, 0.717) is 48.4 Å². The molecule has 1 unspecified atom stereocenters. The number of amides is 1. The largest absolute Gasteiger partial charge is 0.492 e. The molecule has 1 fully saturated rings. The number of thiazole rings is 1. The Balaban J connectivity index is 1.46. The number of anilines is 2. The van der Waals surface area contributed by atoms with Crippen LogP contribution in [0.4, 0.5) is 15.2 Å². The number of halogens is 1. The van der Waals surface area contributed by atoms with Gasteiger partial charge in [0.15, 0.2) is 5.13 Å². The fraction of sp³-hybridized carbons (Fsp3) is 0.348. The maximum absolute atomic E-state index is 14.8. The molecule has 0 bridgehead atoms. The summed E-state index contributed by atoms with van der Waals surface area (Å²) in [5.41, 5.74) is 1.78. The van der Waals surface area contributed by atoms with E-state index in [4.69, 9.17) is 4.74 Å². The number of rotatable bonds is 10. The van der Waals surface area contributed by atoms with E-state index in [-0.39, 0.29) is 16.1 Å². The molecule has 1 saturated carbocycles. The highest BCUT2D eigenvalue weighted by atomic mass is 32.2. The van der Waals surface area contributed by atoms with E-state index in [0.717, 1.165) is 11.3 Å². The van der Waals surface area contributed by atoms with Gasteiger partial charge in [-0.3, -0.25) is 14.5 Å². The van der Waals surface area contributed by atoms with Gasteiger partial charge in [-0.25, -0.2) is 17.8 Å². The van der Waals surface area contributed by atoms with Crippen LogP contribution in [0.3, 0.4) is 0 Å². The SMILES string of the molecule is CCOc1cncc(-c2ccc(NC(=O)C(CC)c3csc(NS(=O)(=O)C4CC4)n3)c(F)c2)c1. The zero-order chi connectivity index (χ0) is 24.3. The molecule has 1 aliphatic rings. The fourth-order valence-electron chi connectivity index (χ4n) is 3.44. The van der Waals surface area contributed by atoms with Crippen LogP contribution in [0.15, 0.2) is 42.0 Å². The fourth-order valence-corrected chi connectivity index (χ4v) is 5.80. The summed E-state index contributed by atoms with van der Waals surface area (Å²) in [6.45, 7) is 4.18. The van der Waals surface area contributed by atoms with Crippen molar-refractivity contribution in [3.8, 4) is 16.9 Å². The van der Waals surface area contributed by atoms with Crippen molar-refractivity contribution in [2.75, 3.05) is 16.6 Å². The average molecular weight is 505 g/mol. The Kier molecular flexibility index (Phi) is 7.13. The number of nitrogens with zero attached hydrogens (tertiary/aromatic N) is 2. The molecular weight excluding hydrogens is 479 g/mol. The van der Waals surface area contributed by atoms with Crippen molar-refractivity contribution in [1.29, 1.82) is 0 Å². The van der Waals surface area contributed by atoms with E-state index in [1.165, 1.54) is 12.1 Å². The molecular formula is C23H25FN4O4S2. The van der Waals surface area contributed by atoms with E-state index >= 15 is 0 Å². The Morgan fingerprint density at radius 2 is 2.03 bits per heavy atom. The van der Waals surface area contributed by atoms with Crippen molar-refractivity contribution in [2.24, 2.45) is 0 Å². The number of ether oxygens (including phenoxy) is 1. The summed E-state index contributed by atoms with van der Waals surface area (Å²) in [4.78, 5) is 21.3. The van der Waals surface area contributed by atoms with E-state index in [2.05, 4.69) is 20.0 Å². The minimum atomic E-state index is -3.43. The van der Waals surface area contributed by atoms with E-state index in [1.807, 2.05) is 13.8 Å². The first-order chi connectivity index (χ1) is 16.3. The summed E-state index contributed by atoms with van der Waals surface area (Å²) in [6.07, 6.45) is 4.91.